The molecule has 1 aliphatic rings. The van der Waals surface area contributed by atoms with E-state index in [4.69, 9.17) is 0 Å². The zero-order chi connectivity index (χ0) is 13.0. The van der Waals surface area contributed by atoms with Crippen molar-refractivity contribution in [3.05, 3.63) is 25.3 Å². The van der Waals surface area contributed by atoms with Gasteiger partial charge in [-0.2, -0.15) is 0 Å². The van der Waals surface area contributed by atoms with Crippen LogP contribution in [0.4, 0.5) is 9.59 Å². The first-order chi connectivity index (χ1) is 8.02. The van der Waals surface area contributed by atoms with Gasteiger partial charge in [-0.3, -0.25) is 9.69 Å². The van der Waals surface area contributed by atoms with Gasteiger partial charge in [0, 0.05) is 13.6 Å². The first-order valence-corrected chi connectivity index (χ1v) is 5.11. The molecule has 17 heavy (non-hydrogen) atoms. The quantitative estimate of drug-likeness (QED) is 0.675. The highest BCUT2D eigenvalue weighted by atomic mass is 16.2. The maximum absolute atomic E-state index is 12.0. The van der Waals surface area contributed by atoms with Crippen LogP contribution < -0.4 is 0 Å². The van der Waals surface area contributed by atoms with E-state index in [9.17, 15) is 14.4 Å². The van der Waals surface area contributed by atoms with Gasteiger partial charge in [0.15, 0.2) is 0 Å². The second-order valence-electron chi connectivity index (χ2n) is 3.59. The van der Waals surface area contributed by atoms with Gasteiger partial charge in [0.25, 0.3) is 0 Å². The predicted octanol–water partition coefficient (Wildman–Crippen LogP) is 0.674. The molecule has 92 valence electrons. The Labute approximate surface area is 99.8 Å². The second-order valence-corrected chi connectivity index (χ2v) is 3.59. The summed E-state index contributed by atoms with van der Waals surface area (Å²) in [6.07, 6.45) is 2.94. The third-order valence-corrected chi connectivity index (χ3v) is 2.38. The van der Waals surface area contributed by atoms with E-state index in [1.54, 1.807) is 0 Å². The van der Waals surface area contributed by atoms with Crippen molar-refractivity contribution in [2.45, 2.75) is 0 Å². The summed E-state index contributed by atoms with van der Waals surface area (Å²) >= 11 is 0. The van der Waals surface area contributed by atoms with Gasteiger partial charge < -0.3 is 4.90 Å². The van der Waals surface area contributed by atoms with Crippen molar-refractivity contribution >= 4 is 18.0 Å². The average molecular weight is 237 g/mol. The minimum atomic E-state index is -0.633. The van der Waals surface area contributed by atoms with Crippen molar-refractivity contribution in [2.24, 2.45) is 0 Å². The molecule has 0 aromatic heterocycles. The molecular formula is C11H15N3O3. The molecule has 0 bridgehead atoms. The van der Waals surface area contributed by atoms with E-state index in [1.165, 1.54) is 24.1 Å². The zero-order valence-corrected chi connectivity index (χ0v) is 9.76. The molecule has 0 saturated carbocycles. The van der Waals surface area contributed by atoms with Gasteiger partial charge in [0.05, 0.1) is 6.54 Å². The fourth-order valence-electron chi connectivity index (χ4n) is 1.46. The number of carbonyl (C=O) groups excluding carboxylic acids is 3. The number of urea groups is 2. The van der Waals surface area contributed by atoms with Crippen molar-refractivity contribution in [3.8, 4) is 0 Å². The first kappa shape index (κ1) is 13.0. The number of rotatable bonds is 4. The van der Waals surface area contributed by atoms with Crippen LogP contribution in [0, 0.1) is 0 Å². The van der Waals surface area contributed by atoms with Crippen LogP contribution in [0.25, 0.3) is 0 Å². The fourth-order valence-corrected chi connectivity index (χ4v) is 1.46. The van der Waals surface area contributed by atoms with Crippen LogP contribution in [0.5, 0.6) is 0 Å². The molecule has 0 aliphatic carbocycles. The Morgan fingerprint density at radius 1 is 1.12 bits per heavy atom. The Morgan fingerprint density at radius 2 is 1.71 bits per heavy atom. The largest absolute Gasteiger partial charge is 0.334 e. The molecule has 5 amide bonds. The molecule has 0 aromatic rings. The van der Waals surface area contributed by atoms with Gasteiger partial charge in [-0.05, 0) is 0 Å². The second kappa shape index (κ2) is 5.29. The van der Waals surface area contributed by atoms with Gasteiger partial charge in [-0.15, -0.1) is 13.2 Å². The predicted molar refractivity (Wildman–Crippen MR) is 62.2 cm³/mol. The summed E-state index contributed by atoms with van der Waals surface area (Å²) in [4.78, 5) is 38.6. The Balaban J connectivity index is 3.05. The van der Waals surface area contributed by atoms with Crippen molar-refractivity contribution in [2.75, 3.05) is 26.7 Å². The van der Waals surface area contributed by atoms with E-state index in [-0.39, 0.29) is 19.6 Å². The van der Waals surface area contributed by atoms with Crippen molar-refractivity contribution in [1.82, 2.24) is 14.7 Å². The Kier molecular flexibility index (Phi) is 4.03. The number of amides is 5. The van der Waals surface area contributed by atoms with E-state index in [0.717, 1.165) is 9.80 Å². The fraction of sp³-hybridized carbons (Fsp3) is 0.364. The molecule has 0 unspecified atom stereocenters. The van der Waals surface area contributed by atoms with Gasteiger partial charge >= 0.3 is 12.1 Å². The number of imide groups is 2. The van der Waals surface area contributed by atoms with E-state index >= 15 is 0 Å². The maximum atomic E-state index is 12.0. The van der Waals surface area contributed by atoms with E-state index < -0.39 is 18.0 Å². The Morgan fingerprint density at radius 3 is 2.24 bits per heavy atom. The lowest BCUT2D eigenvalue weighted by Crippen LogP contribution is -2.46. The Bertz CT molecular complexity index is 378. The third kappa shape index (κ3) is 2.52. The van der Waals surface area contributed by atoms with Crippen LogP contribution in [-0.2, 0) is 4.79 Å². The SMILES string of the molecule is C=CCN1CC(=O)N(C)C(=O)N(CC=C)C1=O. The maximum Gasteiger partial charge on any atom is 0.334 e. The Hall–Kier alpha value is -2.11. The number of carbonyl (C=O) groups is 3. The summed E-state index contributed by atoms with van der Waals surface area (Å²) in [7, 11) is 1.35. The van der Waals surface area contributed by atoms with Crippen LogP contribution in [0.2, 0.25) is 0 Å². The summed E-state index contributed by atoms with van der Waals surface area (Å²) in [5.41, 5.74) is 0. The summed E-state index contributed by atoms with van der Waals surface area (Å²) in [5, 5.41) is 0. The van der Waals surface area contributed by atoms with E-state index in [0.29, 0.717) is 0 Å². The van der Waals surface area contributed by atoms with Crippen LogP contribution in [0.1, 0.15) is 0 Å². The standard InChI is InChI=1S/C11H15N3O3/c1-4-6-13-8-9(15)12(3)10(16)14(7-5-2)11(13)17/h4-5H,1-2,6-8H2,3H3. The summed E-state index contributed by atoms with van der Waals surface area (Å²) in [5.74, 6) is -0.420. The molecule has 0 radical (unpaired) electrons. The first-order valence-electron chi connectivity index (χ1n) is 5.11. The van der Waals surface area contributed by atoms with Crippen LogP contribution in [0.15, 0.2) is 25.3 Å². The normalized spacial score (nSPS) is 17.2. The minimum Gasteiger partial charge on any atom is -0.311 e. The molecule has 6 nitrogen and oxygen atoms in total. The lowest BCUT2D eigenvalue weighted by molar-refractivity contribution is -0.127. The molecule has 1 saturated heterocycles. The van der Waals surface area contributed by atoms with E-state index in [1.807, 2.05) is 0 Å². The van der Waals surface area contributed by atoms with E-state index in [2.05, 4.69) is 13.2 Å². The molecule has 1 aliphatic heterocycles. The zero-order valence-electron chi connectivity index (χ0n) is 9.76. The number of nitrogens with zero attached hydrogens (tertiary/aromatic N) is 3. The summed E-state index contributed by atoms with van der Waals surface area (Å²) in [6.45, 7) is 7.16. The van der Waals surface area contributed by atoms with Gasteiger partial charge in [-0.1, -0.05) is 12.2 Å². The van der Waals surface area contributed by atoms with Crippen LogP contribution >= 0.6 is 0 Å². The summed E-state index contributed by atoms with van der Waals surface area (Å²) in [6, 6.07) is -1.14. The van der Waals surface area contributed by atoms with Crippen molar-refractivity contribution in [3.63, 3.8) is 0 Å². The highest BCUT2D eigenvalue weighted by molar-refractivity contribution is 6.05. The van der Waals surface area contributed by atoms with Crippen molar-refractivity contribution in [1.29, 1.82) is 0 Å². The number of hydrogen-bond acceptors (Lipinski definition) is 3. The molecule has 0 spiro atoms. The highest BCUT2D eigenvalue weighted by Crippen LogP contribution is 2.09. The van der Waals surface area contributed by atoms with Crippen LogP contribution in [0.3, 0.4) is 0 Å². The molecule has 0 aromatic carbocycles. The lowest BCUT2D eigenvalue weighted by Gasteiger charge is -2.23. The molecule has 1 rings (SSSR count). The van der Waals surface area contributed by atoms with Gasteiger partial charge in [0.1, 0.15) is 6.54 Å². The highest BCUT2D eigenvalue weighted by Gasteiger charge is 2.35. The van der Waals surface area contributed by atoms with Gasteiger partial charge in [-0.25, -0.2) is 14.5 Å². The number of hydrogen-bond donors (Lipinski definition) is 0. The number of likely N-dealkylation sites (N-methyl/N-ethyl adjacent to an activating group) is 1. The molecule has 6 heteroatoms. The minimum absolute atomic E-state index is 0.0724. The monoisotopic (exact) mass is 237 g/mol. The molecule has 1 heterocycles. The van der Waals surface area contributed by atoms with Crippen molar-refractivity contribution < 1.29 is 14.4 Å². The lowest BCUT2D eigenvalue weighted by atomic mass is 10.4. The molecule has 1 fully saturated rings. The smallest absolute Gasteiger partial charge is 0.311 e. The van der Waals surface area contributed by atoms with Crippen LogP contribution in [-0.4, -0.2) is 59.4 Å². The molecule has 0 atom stereocenters. The topological polar surface area (TPSA) is 60.9 Å². The molecule has 0 N–H and O–H groups in total. The average Bonchev–Trinajstić information content (AvgIpc) is 2.37. The third-order valence-electron chi connectivity index (χ3n) is 2.38. The van der Waals surface area contributed by atoms with Gasteiger partial charge in [0.2, 0.25) is 5.91 Å². The summed E-state index contributed by atoms with van der Waals surface area (Å²) < 4.78 is 0. The molecular weight excluding hydrogens is 222 g/mol.